The number of ketones is 1. The highest BCUT2D eigenvalue weighted by molar-refractivity contribution is 6.32. The van der Waals surface area contributed by atoms with E-state index in [4.69, 9.17) is 16.7 Å². The maximum atomic E-state index is 12.4. The number of carboxylic acid groups (broad SMARTS) is 1. The summed E-state index contributed by atoms with van der Waals surface area (Å²) in [6.07, 6.45) is 0.511. The van der Waals surface area contributed by atoms with Crippen molar-refractivity contribution < 1.29 is 24.6 Å². The zero-order valence-corrected chi connectivity index (χ0v) is 13.4. The highest BCUT2D eigenvalue weighted by Crippen LogP contribution is 2.39. The van der Waals surface area contributed by atoms with Crippen LogP contribution in [0.4, 0.5) is 0 Å². The van der Waals surface area contributed by atoms with Crippen LogP contribution in [0.5, 0.6) is 0 Å². The van der Waals surface area contributed by atoms with Crippen molar-refractivity contribution in [3.05, 3.63) is 39.4 Å². The number of rotatable bonds is 4. The molecule has 0 radical (unpaired) electrons. The van der Waals surface area contributed by atoms with E-state index in [-0.39, 0.29) is 0 Å². The molecule has 2 rings (SSSR count). The summed E-state index contributed by atoms with van der Waals surface area (Å²) in [7, 11) is 0. The van der Waals surface area contributed by atoms with Gasteiger partial charge in [0.2, 0.25) is 0 Å². The first-order chi connectivity index (χ1) is 10.8. The second kappa shape index (κ2) is 6.42. The molecule has 1 aliphatic rings. The Bertz CT molecular complexity index is 738. The molecule has 6 nitrogen and oxygen atoms in total. The molecule has 0 fully saturated rings. The minimum absolute atomic E-state index is 0.382. The first-order valence-electron chi connectivity index (χ1n) is 7.08. The van der Waals surface area contributed by atoms with Crippen molar-refractivity contribution >= 4 is 35.0 Å². The Kier molecular flexibility index (Phi) is 4.75. The van der Waals surface area contributed by atoms with Crippen molar-refractivity contribution in [2.45, 2.75) is 26.2 Å². The standard InChI is InChI=1S/C16H16ClNO5/c1-3-8-10(17)5-4-9-7(2)14(21)13(15(22)12(8)9)16(23)18-6-11(19)20/h4-5,7,22H,3,6H2,1-2H3,(H,18,23)(H,19,20). The smallest absolute Gasteiger partial charge is 0.322 e. The second-order valence-electron chi connectivity index (χ2n) is 5.23. The third-order valence-electron chi connectivity index (χ3n) is 3.85. The zero-order valence-electron chi connectivity index (χ0n) is 12.6. The number of fused-ring (bicyclic) bond motifs is 1. The maximum absolute atomic E-state index is 12.4. The van der Waals surface area contributed by atoms with Crippen LogP contribution in [0, 0.1) is 0 Å². The van der Waals surface area contributed by atoms with Gasteiger partial charge in [0.1, 0.15) is 17.9 Å². The summed E-state index contributed by atoms with van der Waals surface area (Å²) in [4.78, 5) is 35.1. The number of aliphatic hydroxyl groups is 1. The summed E-state index contributed by atoms with van der Waals surface area (Å²) in [5.74, 6) is -3.79. The van der Waals surface area contributed by atoms with Gasteiger partial charge in [-0.15, -0.1) is 0 Å². The van der Waals surface area contributed by atoms with Gasteiger partial charge in [-0.1, -0.05) is 31.5 Å². The number of carboxylic acids is 1. The van der Waals surface area contributed by atoms with E-state index in [1.54, 1.807) is 19.1 Å². The first kappa shape index (κ1) is 17.0. The number of carbonyl (C=O) groups excluding carboxylic acids is 2. The van der Waals surface area contributed by atoms with Crippen LogP contribution in [0.3, 0.4) is 0 Å². The number of aliphatic hydroxyl groups excluding tert-OH is 1. The maximum Gasteiger partial charge on any atom is 0.322 e. The van der Waals surface area contributed by atoms with E-state index in [1.807, 2.05) is 6.92 Å². The van der Waals surface area contributed by atoms with Crippen LogP contribution in [0.2, 0.25) is 5.02 Å². The average Bonchev–Trinajstić information content (AvgIpc) is 2.50. The Labute approximate surface area is 137 Å². The van der Waals surface area contributed by atoms with E-state index in [0.29, 0.717) is 28.1 Å². The monoisotopic (exact) mass is 337 g/mol. The largest absolute Gasteiger partial charge is 0.506 e. The molecule has 23 heavy (non-hydrogen) atoms. The van der Waals surface area contributed by atoms with E-state index in [9.17, 15) is 19.5 Å². The summed E-state index contributed by atoms with van der Waals surface area (Å²) in [6.45, 7) is 2.84. The SMILES string of the molecule is CCc1c(Cl)ccc2c1C(O)=C(C(=O)NCC(=O)O)C(=O)C2C. The van der Waals surface area contributed by atoms with E-state index < -0.39 is 41.5 Å². The molecular weight excluding hydrogens is 322 g/mol. The van der Waals surface area contributed by atoms with Gasteiger partial charge in [0.05, 0.1) is 0 Å². The molecule has 0 aromatic heterocycles. The fourth-order valence-corrected chi connectivity index (χ4v) is 2.98. The molecular formula is C16H16ClNO5. The van der Waals surface area contributed by atoms with Gasteiger partial charge in [-0.3, -0.25) is 14.4 Å². The number of benzene rings is 1. The number of amides is 1. The lowest BCUT2D eigenvalue weighted by molar-refractivity contribution is -0.137. The van der Waals surface area contributed by atoms with E-state index in [1.165, 1.54) is 0 Å². The third kappa shape index (κ3) is 2.94. The number of hydrogen-bond acceptors (Lipinski definition) is 4. The van der Waals surface area contributed by atoms with Gasteiger partial charge < -0.3 is 15.5 Å². The average molecular weight is 338 g/mol. The molecule has 3 N–H and O–H groups in total. The Morgan fingerprint density at radius 2 is 2.00 bits per heavy atom. The number of nitrogens with one attached hydrogen (secondary N) is 1. The predicted octanol–water partition coefficient (Wildman–Crippen LogP) is 2.06. The van der Waals surface area contributed by atoms with Crippen LogP contribution in [0.1, 0.15) is 36.5 Å². The fourth-order valence-electron chi connectivity index (χ4n) is 2.69. The number of carbonyl (C=O) groups is 3. The predicted molar refractivity (Wildman–Crippen MR) is 84.4 cm³/mol. The van der Waals surface area contributed by atoms with Crippen molar-refractivity contribution in [1.29, 1.82) is 0 Å². The van der Waals surface area contributed by atoms with Gasteiger partial charge in [0, 0.05) is 16.5 Å². The first-order valence-corrected chi connectivity index (χ1v) is 7.46. The normalized spacial score (nSPS) is 17.0. The second-order valence-corrected chi connectivity index (χ2v) is 5.64. The van der Waals surface area contributed by atoms with Gasteiger partial charge in [-0.05, 0) is 23.6 Å². The number of aliphatic carboxylic acids is 1. The molecule has 0 saturated carbocycles. The van der Waals surface area contributed by atoms with Crippen molar-refractivity contribution in [2.24, 2.45) is 0 Å². The number of hydrogen-bond donors (Lipinski definition) is 3. The Morgan fingerprint density at radius 3 is 2.57 bits per heavy atom. The van der Waals surface area contributed by atoms with Crippen LogP contribution >= 0.6 is 11.6 Å². The quantitative estimate of drug-likeness (QED) is 0.729. The van der Waals surface area contributed by atoms with Gasteiger partial charge in [0.15, 0.2) is 5.78 Å². The molecule has 0 aliphatic heterocycles. The molecule has 1 aliphatic carbocycles. The molecule has 0 bridgehead atoms. The van der Waals surface area contributed by atoms with E-state index >= 15 is 0 Å². The summed E-state index contributed by atoms with van der Waals surface area (Å²) < 4.78 is 0. The van der Waals surface area contributed by atoms with Gasteiger partial charge in [-0.2, -0.15) is 0 Å². The summed E-state index contributed by atoms with van der Waals surface area (Å²) >= 11 is 6.14. The third-order valence-corrected chi connectivity index (χ3v) is 4.20. The molecule has 0 heterocycles. The fraction of sp³-hybridized carbons (Fsp3) is 0.312. The lowest BCUT2D eigenvalue weighted by Crippen LogP contribution is -2.36. The lowest BCUT2D eigenvalue weighted by atomic mass is 9.79. The molecule has 7 heteroatoms. The highest BCUT2D eigenvalue weighted by atomic mass is 35.5. The van der Waals surface area contributed by atoms with Crippen LogP contribution in [-0.4, -0.2) is 34.4 Å². The molecule has 1 unspecified atom stereocenters. The van der Waals surface area contributed by atoms with Crippen molar-refractivity contribution in [2.75, 3.05) is 6.54 Å². The van der Waals surface area contributed by atoms with Gasteiger partial charge in [-0.25, -0.2) is 0 Å². The van der Waals surface area contributed by atoms with Gasteiger partial charge >= 0.3 is 5.97 Å². The Balaban J connectivity index is 2.61. The molecule has 1 amide bonds. The van der Waals surface area contributed by atoms with Gasteiger partial charge in [0.25, 0.3) is 5.91 Å². The molecule has 0 spiro atoms. The summed E-state index contributed by atoms with van der Waals surface area (Å²) in [5, 5.41) is 21.6. The number of halogens is 1. The molecule has 1 aromatic rings. The minimum Gasteiger partial charge on any atom is -0.506 e. The lowest BCUT2D eigenvalue weighted by Gasteiger charge is -2.26. The van der Waals surface area contributed by atoms with Crippen molar-refractivity contribution in [1.82, 2.24) is 5.32 Å². The topological polar surface area (TPSA) is 104 Å². The van der Waals surface area contributed by atoms with Crippen LogP contribution in [-0.2, 0) is 20.8 Å². The molecule has 0 saturated heterocycles. The van der Waals surface area contributed by atoms with Crippen molar-refractivity contribution in [3.63, 3.8) is 0 Å². The van der Waals surface area contributed by atoms with Crippen LogP contribution in [0.25, 0.3) is 5.76 Å². The molecule has 122 valence electrons. The molecule has 1 aromatic carbocycles. The summed E-state index contributed by atoms with van der Waals surface area (Å²) in [6, 6.07) is 3.31. The van der Waals surface area contributed by atoms with E-state index in [0.717, 1.165) is 0 Å². The Morgan fingerprint density at radius 1 is 1.35 bits per heavy atom. The van der Waals surface area contributed by atoms with Crippen LogP contribution in [0.15, 0.2) is 17.7 Å². The highest BCUT2D eigenvalue weighted by Gasteiger charge is 2.36. The number of Topliss-reactive ketones (excluding diaryl/α,β-unsaturated/α-hetero) is 1. The Hall–Kier alpha value is -2.34. The minimum atomic E-state index is -1.24. The van der Waals surface area contributed by atoms with Crippen LogP contribution < -0.4 is 5.32 Å². The van der Waals surface area contributed by atoms with Crippen molar-refractivity contribution in [3.8, 4) is 0 Å². The molecule has 1 atom stereocenters. The zero-order chi connectivity index (χ0) is 17.3. The summed E-state index contributed by atoms with van der Waals surface area (Å²) in [5.41, 5.74) is 1.20. The van der Waals surface area contributed by atoms with E-state index in [2.05, 4.69) is 5.32 Å².